The maximum absolute atomic E-state index is 12.6. The number of carbonyl (C=O) groups is 2. The standard InChI is InChI=1S/C16H27N3O3/c1-11(2)9-13(18-15(21)22-16(3,4)5)14(20)19(10-17)12-7-6-8-12/h11-13H,6-9H2,1-5H3,(H,18,21). The summed E-state index contributed by atoms with van der Waals surface area (Å²) in [4.78, 5) is 25.7. The molecule has 0 aliphatic heterocycles. The number of amides is 2. The van der Waals surface area contributed by atoms with Crippen molar-refractivity contribution in [2.24, 2.45) is 5.92 Å². The summed E-state index contributed by atoms with van der Waals surface area (Å²) in [6.45, 7) is 9.24. The normalized spacial score (nSPS) is 16.4. The van der Waals surface area contributed by atoms with Crippen molar-refractivity contribution in [2.45, 2.75) is 78.0 Å². The number of rotatable bonds is 5. The summed E-state index contributed by atoms with van der Waals surface area (Å²) in [5, 5.41) is 11.9. The highest BCUT2D eigenvalue weighted by molar-refractivity contribution is 5.87. The van der Waals surface area contributed by atoms with Crippen LogP contribution in [-0.2, 0) is 9.53 Å². The van der Waals surface area contributed by atoms with E-state index in [0.717, 1.165) is 19.3 Å². The van der Waals surface area contributed by atoms with Crippen molar-refractivity contribution in [3.63, 3.8) is 0 Å². The monoisotopic (exact) mass is 309 g/mol. The average Bonchev–Trinajstić information content (AvgIpc) is 2.28. The van der Waals surface area contributed by atoms with Crippen LogP contribution >= 0.6 is 0 Å². The summed E-state index contributed by atoms with van der Waals surface area (Å²) < 4.78 is 5.21. The lowest BCUT2D eigenvalue weighted by atomic mass is 9.91. The second kappa shape index (κ2) is 7.48. The Kier molecular flexibility index (Phi) is 6.21. The predicted octanol–water partition coefficient (Wildman–Crippen LogP) is 2.79. The molecule has 124 valence electrons. The number of nitrogens with zero attached hydrogens (tertiary/aromatic N) is 2. The first-order valence-electron chi connectivity index (χ1n) is 7.86. The molecule has 0 aromatic heterocycles. The number of hydrogen-bond acceptors (Lipinski definition) is 4. The molecule has 1 saturated carbocycles. The zero-order chi connectivity index (χ0) is 16.9. The maximum atomic E-state index is 12.6. The van der Waals surface area contributed by atoms with Gasteiger partial charge in [-0.3, -0.25) is 4.79 Å². The third kappa shape index (κ3) is 5.55. The van der Waals surface area contributed by atoms with Crippen molar-refractivity contribution in [1.29, 1.82) is 5.26 Å². The maximum Gasteiger partial charge on any atom is 0.408 e. The number of nitriles is 1. The van der Waals surface area contributed by atoms with Crippen LogP contribution in [0.1, 0.15) is 60.3 Å². The zero-order valence-corrected chi connectivity index (χ0v) is 14.2. The van der Waals surface area contributed by atoms with Gasteiger partial charge in [0, 0.05) is 6.04 Å². The third-order valence-corrected chi connectivity index (χ3v) is 3.48. The average molecular weight is 309 g/mol. The molecule has 0 radical (unpaired) electrons. The summed E-state index contributed by atoms with van der Waals surface area (Å²) in [6.07, 6.45) is 4.55. The zero-order valence-electron chi connectivity index (χ0n) is 14.2. The summed E-state index contributed by atoms with van der Waals surface area (Å²) in [7, 11) is 0. The molecule has 1 N–H and O–H groups in total. The lowest BCUT2D eigenvalue weighted by Gasteiger charge is -2.34. The molecule has 1 unspecified atom stereocenters. The van der Waals surface area contributed by atoms with E-state index >= 15 is 0 Å². The van der Waals surface area contributed by atoms with Crippen LogP contribution in [0.2, 0.25) is 0 Å². The summed E-state index contributed by atoms with van der Waals surface area (Å²) in [5.74, 6) is -0.127. The Labute approximate surface area is 132 Å². The van der Waals surface area contributed by atoms with Crippen LogP contribution in [0.3, 0.4) is 0 Å². The Bertz CT molecular complexity index is 445. The highest BCUT2D eigenvalue weighted by Crippen LogP contribution is 2.25. The minimum absolute atomic E-state index is 0.0207. The number of nitrogens with one attached hydrogen (secondary N) is 1. The van der Waals surface area contributed by atoms with Gasteiger partial charge < -0.3 is 10.1 Å². The molecule has 6 nitrogen and oxygen atoms in total. The van der Waals surface area contributed by atoms with Gasteiger partial charge in [-0.05, 0) is 52.4 Å². The van der Waals surface area contributed by atoms with Gasteiger partial charge in [0.15, 0.2) is 6.19 Å². The molecule has 22 heavy (non-hydrogen) atoms. The number of ether oxygens (including phenoxy) is 1. The van der Waals surface area contributed by atoms with Gasteiger partial charge in [0.05, 0.1) is 0 Å². The first-order valence-corrected chi connectivity index (χ1v) is 7.86. The van der Waals surface area contributed by atoms with Gasteiger partial charge in [0.2, 0.25) is 0 Å². The SMILES string of the molecule is CC(C)CC(NC(=O)OC(C)(C)C)C(=O)N(C#N)C1CCC1. The smallest absolute Gasteiger partial charge is 0.408 e. The number of hydrogen-bond donors (Lipinski definition) is 1. The summed E-state index contributed by atoms with van der Waals surface area (Å²) in [5.41, 5.74) is -0.627. The predicted molar refractivity (Wildman–Crippen MR) is 82.7 cm³/mol. The fourth-order valence-corrected chi connectivity index (χ4v) is 2.27. The van der Waals surface area contributed by atoms with Gasteiger partial charge in [0.25, 0.3) is 5.91 Å². The van der Waals surface area contributed by atoms with Crippen LogP contribution in [0.25, 0.3) is 0 Å². The van der Waals surface area contributed by atoms with Crippen LogP contribution in [-0.4, -0.2) is 34.6 Å². The molecule has 0 bridgehead atoms. The first-order chi connectivity index (χ1) is 10.1. The van der Waals surface area contributed by atoms with E-state index in [0.29, 0.717) is 6.42 Å². The second-order valence-electron chi connectivity index (χ2n) is 7.22. The van der Waals surface area contributed by atoms with Gasteiger partial charge in [-0.25, -0.2) is 9.69 Å². The van der Waals surface area contributed by atoms with Crippen molar-refractivity contribution in [3.05, 3.63) is 0 Å². The lowest BCUT2D eigenvalue weighted by molar-refractivity contribution is -0.133. The molecule has 1 fully saturated rings. The minimum Gasteiger partial charge on any atom is -0.444 e. The van der Waals surface area contributed by atoms with E-state index < -0.39 is 17.7 Å². The Morgan fingerprint density at radius 2 is 1.95 bits per heavy atom. The fourth-order valence-electron chi connectivity index (χ4n) is 2.27. The molecule has 1 aliphatic rings. The first kappa shape index (κ1) is 18.3. The molecule has 0 aromatic carbocycles. The van der Waals surface area contributed by atoms with Crippen LogP contribution in [0, 0.1) is 17.4 Å². The van der Waals surface area contributed by atoms with Gasteiger partial charge in [0.1, 0.15) is 11.6 Å². The third-order valence-electron chi connectivity index (χ3n) is 3.48. The summed E-state index contributed by atoms with van der Waals surface area (Å²) in [6, 6.07) is -0.748. The molecule has 1 atom stereocenters. The van der Waals surface area contributed by atoms with E-state index in [1.807, 2.05) is 20.0 Å². The van der Waals surface area contributed by atoms with Gasteiger partial charge in [-0.1, -0.05) is 13.8 Å². The number of carbonyl (C=O) groups excluding carboxylic acids is 2. The molecule has 1 rings (SSSR count). The van der Waals surface area contributed by atoms with E-state index in [4.69, 9.17) is 4.74 Å². The highest BCUT2D eigenvalue weighted by Gasteiger charge is 2.34. The second-order valence-corrected chi connectivity index (χ2v) is 7.22. The van der Waals surface area contributed by atoms with E-state index in [1.54, 1.807) is 20.8 Å². The molecule has 0 saturated heterocycles. The van der Waals surface area contributed by atoms with Crippen LogP contribution < -0.4 is 5.32 Å². The Morgan fingerprint density at radius 1 is 1.36 bits per heavy atom. The minimum atomic E-state index is -0.727. The van der Waals surface area contributed by atoms with Crippen LogP contribution in [0.5, 0.6) is 0 Å². The lowest BCUT2D eigenvalue weighted by Crippen LogP contribution is -2.52. The Hall–Kier alpha value is -1.77. The van der Waals surface area contributed by atoms with Crippen molar-refractivity contribution in [1.82, 2.24) is 10.2 Å². The van der Waals surface area contributed by atoms with Crippen molar-refractivity contribution >= 4 is 12.0 Å². The molecular formula is C16H27N3O3. The van der Waals surface area contributed by atoms with Crippen LogP contribution in [0.15, 0.2) is 0 Å². The van der Waals surface area contributed by atoms with Crippen LogP contribution in [0.4, 0.5) is 4.79 Å². The summed E-state index contributed by atoms with van der Waals surface area (Å²) >= 11 is 0. The largest absolute Gasteiger partial charge is 0.444 e. The molecule has 1 aliphatic carbocycles. The van der Waals surface area contributed by atoms with Crippen molar-refractivity contribution in [3.8, 4) is 6.19 Å². The molecule has 6 heteroatoms. The van der Waals surface area contributed by atoms with E-state index in [-0.39, 0.29) is 17.9 Å². The topological polar surface area (TPSA) is 82.4 Å². The Balaban J connectivity index is 2.76. The molecule has 2 amide bonds. The molecule has 0 spiro atoms. The Morgan fingerprint density at radius 3 is 2.32 bits per heavy atom. The van der Waals surface area contributed by atoms with E-state index in [1.165, 1.54) is 4.90 Å². The highest BCUT2D eigenvalue weighted by atomic mass is 16.6. The van der Waals surface area contributed by atoms with Crippen molar-refractivity contribution < 1.29 is 14.3 Å². The quantitative estimate of drug-likeness (QED) is 0.625. The van der Waals surface area contributed by atoms with Crippen molar-refractivity contribution in [2.75, 3.05) is 0 Å². The van der Waals surface area contributed by atoms with E-state index in [9.17, 15) is 14.9 Å². The molecule has 0 heterocycles. The molecule has 0 aromatic rings. The van der Waals surface area contributed by atoms with E-state index in [2.05, 4.69) is 5.32 Å². The number of alkyl carbamates (subject to hydrolysis) is 1. The van der Waals surface area contributed by atoms with Gasteiger partial charge >= 0.3 is 6.09 Å². The molecular weight excluding hydrogens is 282 g/mol. The fraction of sp³-hybridized carbons (Fsp3) is 0.812. The van der Waals surface area contributed by atoms with Gasteiger partial charge in [-0.2, -0.15) is 5.26 Å². The van der Waals surface area contributed by atoms with Gasteiger partial charge in [-0.15, -0.1) is 0 Å².